The van der Waals surface area contributed by atoms with E-state index in [-0.39, 0.29) is 0 Å². The molecule has 0 aliphatic carbocycles. The summed E-state index contributed by atoms with van der Waals surface area (Å²) in [7, 11) is 0. The molecule has 0 fully saturated rings. The molecule has 18 heavy (non-hydrogen) atoms. The van der Waals surface area contributed by atoms with Crippen molar-refractivity contribution in [1.29, 1.82) is 0 Å². The van der Waals surface area contributed by atoms with Gasteiger partial charge in [-0.25, -0.2) is 4.52 Å². The molecule has 2 N–H and O–H groups in total. The molecule has 0 aliphatic heterocycles. The highest BCUT2D eigenvalue weighted by Gasteiger charge is 2.07. The van der Waals surface area contributed by atoms with Crippen molar-refractivity contribution in [3.8, 4) is 11.1 Å². The molecular formula is C14H12ClN3. The maximum atomic E-state index is 6.37. The van der Waals surface area contributed by atoms with Crippen LogP contribution in [0.5, 0.6) is 0 Å². The van der Waals surface area contributed by atoms with E-state index < -0.39 is 0 Å². The van der Waals surface area contributed by atoms with Crippen LogP contribution >= 0.6 is 11.6 Å². The number of aromatic nitrogens is 2. The van der Waals surface area contributed by atoms with Crippen LogP contribution < -0.4 is 5.73 Å². The van der Waals surface area contributed by atoms with E-state index in [2.05, 4.69) is 11.2 Å². The highest BCUT2D eigenvalue weighted by molar-refractivity contribution is 6.34. The molecule has 0 saturated carbocycles. The zero-order valence-corrected chi connectivity index (χ0v) is 10.4. The summed E-state index contributed by atoms with van der Waals surface area (Å²) in [6, 6.07) is 12.0. The highest BCUT2D eigenvalue weighted by Crippen LogP contribution is 2.31. The van der Waals surface area contributed by atoms with E-state index in [1.165, 1.54) is 0 Å². The minimum atomic E-state index is 0.446. The van der Waals surface area contributed by atoms with Gasteiger partial charge in [0.15, 0.2) is 0 Å². The molecule has 0 amide bonds. The fourth-order valence-electron chi connectivity index (χ4n) is 2.05. The number of nitrogens with two attached hydrogens (primary N) is 1. The van der Waals surface area contributed by atoms with Crippen molar-refractivity contribution in [2.75, 3.05) is 0 Å². The number of pyridine rings is 1. The SMILES string of the molecule is NCc1cccc(-c2ccn3nccc3c2)c1Cl. The molecule has 0 atom stereocenters. The normalized spacial score (nSPS) is 11.0. The van der Waals surface area contributed by atoms with Crippen LogP contribution in [0.4, 0.5) is 0 Å². The van der Waals surface area contributed by atoms with Gasteiger partial charge in [0.25, 0.3) is 0 Å². The van der Waals surface area contributed by atoms with Gasteiger partial charge in [-0.05, 0) is 29.3 Å². The van der Waals surface area contributed by atoms with Crippen molar-refractivity contribution >= 4 is 17.1 Å². The Labute approximate surface area is 110 Å². The molecule has 0 unspecified atom stereocenters. The van der Waals surface area contributed by atoms with E-state index in [1.807, 2.05) is 41.0 Å². The largest absolute Gasteiger partial charge is 0.326 e. The Hall–Kier alpha value is -1.84. The Morgan fingerprint density at radius 1 is 1.22 bits per heavy atom. The first-order chi connectivity index (χ1) is 8.79. The Morgan fingerprint density at radius 3 is 2.94 bits per heavy atom. The molecule has 1 aromatic carbocycles. The first-order valence-corrected chi connectivity index (χ1v) is 6.08. The lowest BCUT2D eigenvalue weighted by atomic mass is 10.0. The van der Waals surface area contributed by atoms with E-state index in [0.717, 1.165) is 27.2 Å². The molecule has 0 aliphatic rings. The maximum Gasteiger partial charge on any atom is 0.0667 e. The third kappa shape index (κ3) is 1.78. The minimum Gasteiger partial charge on any atom is -0.326 e. The molecule has 0 bridgehead atoms. The summed E-state index contributed by atoms with van der Waals surface area (Å²) in [6.45, 7) is 0.446. The van der Waals surface area contributed by atoms with Crippen molar-refractivity contribution < 1.29 is 0 Å². The Kier molecular flexibility index (Phi) is 2.78. The van der Waals surface area contributed by atoms with E-state index >= 15 is 0 Å². The molecule has 0 saturated heterocycles. The number of benzene rings is 1. The van der Waals surface area contributed by atoms with Crippen LogP contribution in [0.25, 0.3) is 16.6 Å². The quantitative estimate of drug-likeness (QED) is 0.767. The van der Waals surface area contributed by atoms with Crippen molar-refractivity contribution in [1.82, 2.24) is 9.61 Å². The van der Waals surface area contributed by atoms with Gasteiger partial charge in [-0.2, -0.15) is 5.10 Å². The van der Waals surface area contributed by atoms with Crippen LogP contribution in [-0.2, 0) is 6.54 Å². The number of nitrogens with zero attached hydrogens (tertiary/aromatic N) is 2. The van der Waals surface area contributed by atoms with Crippen LogP contribution in [-0.4, -0.2) is 9.61 Å². The summed E-state index contributed by atoms with van der Waals surface area (Å²) in [5.74, 6) is 0. The van der Waals surface area contributed by atoms with Crippen LogP contribution in [0.15, 0.2) is 48.8 Å². The Bertz CT molecular complexity index is 703. The molecule has 3 rings (SSSR count). The molecule has 90 valence electrons. The summed E-state index contributed by atoms with van der Waals surface area (Å²) in [6.07, 6.45) is 3.70. The van der Waals surface area contributed by atoms with E-state index in [0.29, 0.717) is 6.54 Å². The first-order valence-electron chi connectivity index (χ1n) is 5.71. The van der Waals surface area contributed by atoms with Crippen molar-refractivity contribution in [3.63, 3.8) is 0 Å². The van der Waals surface area contributed by atoms with Crippen LogP contribution in [0.1, 0.15) is 5.56 Å². The van der Waals surface area contributed by atoms with Gasteiger partial charge in [-0.15, -0.1) is 0 Å². The second kappa shape index (κ2) is 4.44. The lowest BCUT2D eigenvalue weighted by Gasteiger charge is -2.08. The molecule has 2 heterocycles. The van der Waals surface area contributed by atoms with Gasteiger partial charge in [-0.3, -0.25) is 0 Å². The smallest absolute Gasteiger partial charge is 0.0667 e. The maximum absolute atomic E-state index is 6.37. The fourth-order valence-corrected chi connectivity index (χ4v) is 2.36. The molecule has 2 aromatic heterocycles. The number of halogens is 1. The topological polar surface area (TPSA) is 43.3 Å². The number of hydrogen-bond acceptors (Lipinski definition) is 2. The summed E-state index contributed by atoms with van der Waals surface area (Å²) < 4.78 is 1.82. The molecule has 3 aromatic rings. The molecular weight excluding hydrogens is 246 g/mol. The van der Waals surface area contributed by atoms with Gasteiger partial charge in [0.1, 0.15) is 0 Å². The van der Waals surface area contributed by atoms with Crippen LogP contribution in [0.2, 0.25) is 5.02 Å². The summed E-state index contributed by atoms with van der Waals surface area (Å²) >= 11 is 6.37. The third-order valence-corrected chi connectivity index (χ3v) is 3.46. The minimum absolute atomic E-state index is 0.446. The van der Waals surface area contributed by atoms with Gasteiger partial charge < -0.3 is 5.73 Å². The molecule has 3 nitrogen and oxygen atoms in total. The van der Waals surface area contributed by atoms with Crippen LogP contribution in [0, 0.1) is 0 Å². The third-order valence-electron chi connectivity index (χ3n) is 3.01. The van der Waals surface area contributed by atoms with E-state index in [4.69, 9.17) is 17.3 Å². The standard InChI is InChI=1S/C14H12ClN3/c15-14-11(9-16)2-1-3-13(14)10-5-7-18-12(8-10)4-6-17-18/h1-8H,9,16H2. The van der Waals surface area contributed by atoms with E-state index in [9.17, 15) is 0 Å². The zero-order valence-electron chi connectivity index (χ0n) is 9.68. The zero-order chi connectivity index (χ0) is 12.5. The number of rotatable bonds is 2. The monoisotopic (exact) mass is 257 g/mol. The Morgan fingerprint density at radius 2 is 2.11 bits per heavy atom. The average Bonchev–Trinajstić information content (AvgIpc) is 2.86. The van der Waals surface area contributed by atoms with Gasteiger partial charge >= 0.3 is 0 Å². The molecule has 0 radical (unpaired) electrons. The first kappa shape index (κ1) is 11.3. The van der Waals surface area contributed by atoms with E-state index in [1.54, 1.807) is 6.20 Å². The lowest BCUT2D eigenvalue weighted by Crippen LogP contribution is -1.98. The predicted molar refractivity (Wildman–Crippen MR) is 73.5 cm³/mol. The average molecular weight is 258 g/mol. The van der Waals surface area contributed by atoms with Crippen molar-refractivity contribution in [2.45, 2.75) is 6.54 Å². The second-order valence-electron chi connectivity index (χ2n) is 4.10. The van der Waals surface area contributed by atoms with Crippen LogP contribution in [0.3, 0.4) is 0 Å². The lowest BCUT2D eigenvalue weighted by molar-refractivity contribution is 0.962. The summed E-state index contributed by atoms with van der Waals surface area (Å²) in [4.78, 5) is 0. The van der Waals surface area contributed by atoms with Gasteiger partial charge in [-0.1, -0.05) is 29.8 Å². The molecule has 0 spiro atoms. The summed E-state index contributed by atoms with van der Waals surface area (Å²) in [5.41, 5.74) is 9.75. The number of fused-ring (bicyclic) bond motifs is 1. The Balaban J connectivity index is 2.19. The summed E-state index contributed by atoms with van der Waals surface area (Å²) in [5, 5.41) is 4.90. The van der Waals surface area contributed by atoms with Crippen molar-refractivity contribution in [2.24, 2.45) is 5.73 Å². The van der Waals surface area contributed by atoms with Crippen molar-refractivity contribution in [3.05, 3.63) is 59.4 Å². The second-order valence-corrected chi connectivity index (χ2v) is 4.48. The fraction of sp³-hybridized carbons (Fsp3) is 0.0714. The van der Waals surface area contributed by atoms with Gasteiger partial charge in [0, 0.05) is 24.5 Å². The number of hydrogen-bond donors (Lipinski definition) is 1. The highest BCUT2D eigenvalue weighted by atomic mass is 35.5. The van der Waals surface area contributed by atoms with Gasteiger partial charge in [0.05, 0.1) is 10.5 Å². The van der Waals surface area contributed by atoms with Gasteiger partial charge in [0.2, 0.25) is 0 Å². The molecule has 4 heteroatoms. The predicted octanol–water partition coefficient (Wildman–Crippen LogP) is 3.11.